The number of hydrogen-bond donors (Lipinski definition) is 3. The second-order valence-corrected chi connectivity index (χ2v) is 4.31. The van der Waals surface area contributed by atoms with E-state index in [-0.39, 0.29) is 5.91 Å². The molecule has 20 heavy (non-hydrogen) atoms. The summed E-state index contributed by atoms with van der Waals surface area (Å²) in [7, 11) is 1.53. The molecule has 0 aliphatic heterocycles. The maximum absolute atomic E-state index is 11.8. The standard InChI is InChI=1S/C14H21N3O3/c1-4-9-15-13(18)10(2)16-14(19)17-11-7-5-6-8-12(11)20-3/h5-8,10H,4,9H2,1-3H3,(H,15,18)(H2,16,17,19)/t10-/m0/s1. The van der Waals surface area contributed by atoms with Crippen molar-refractivity contribution < 1.29 is 14.3 Å². The highest BCUT2D eigenvalue weighted by molar-refractivity contribution is 5.94. The van der Waals surface area contributed by atoms with E-state index >= 15 is 0 Å². The zero-order valence-electron chi connectivity index (χ0n) is 12.0. The van der Waals surface area contributed by atoms with Crippen LogP contribution >= 0.6 is 0 Å². The Balaban J connectivity index is 2.53. The second kappa shape index (κ2) is 8.04. The lowest BCUT2D eigenvalue weighted by Crippen LogP contribution is -2.46. The minimum Gasteiger partial charge on any atom is -0.495 e. The van der Waals surface area contributed by atoms with Crippen LogP contribution in [0, 0.1) is 0 Å². The number of ether oxygens (including phenoxy) is 1. The minimum atomic E-state index is -0.601. The van der Waals surface area contributed by atoms with Gasteiger partial charge in [-0.2, -0.15) is 0 Å². The molecular formula is C14H21N3O3. The summed E-state index contributed by atoms with van der Waals surface area (Å²) in [6.07, 6.45) is 0.853. The predicted octanol–water partition coefficient (Wildman–Crippen LogP) is 1.73. The van der Waals surface area contributed by atoms with E-state index in [2.05, 4.69) is 16.0 Å². The van der Waals surface area contributed by atoms with Crippen LogP contribution in [0.4, 0.5) is 10.5 Å². The fourth-order valence-corrected chi connectivity index (χ4v) is 1.57. The molecule has 0 bridgehead atoms. The highest BCUT2D eigenvalue weighted by Crippen LogP contribution is 2.22. The van der Waals surface area contributed by atoms with Gasteiger partial charge in [0.15, 0.2) is 0 Å². The van der Waals surface area contributed by atoms with Crippen LogP contribution in [0.1, 0.15) is 20.3 Å². The van der Waals surface area contributed by atoms with Gasteiger partial charge in [-0.25, -0.2) is 4.79 Å². The number of benzene rings is 1. The van der Waals surface area contributed by atoms with Crippen LogP contribution in [0.3, 0.4) is 0 Å². The number of para-hydroxylation sites is 2. The third kappa shape index (κ3) is 4.79. The maximum atomic E-state index is 11.8. The molecule has 0 unspecified atom stereocenters. The van der Waals surface area contributed by atoms with Crippen LogP contribution in [0.15, 0.2) is 24.3 Å². The summed E-state index contributed by atoms with van der Waals surface area (Å²) in [6, 6.07) is 6.01. The summed E-state index contributed by atoms with van der Waals surface area (Å²) in [5, 5.41) is 7.94. The molecule has 0 fully saturated rings. The molecular weight excluding hydrogens is 258 g/mol. The van der Waals surface area contributed by atoms with Crippen LogP contribution in [0.5, 0.6) is 5.75 Å². The predicted molar refractivity (Wildman–Crippen MR) is 77.9 cm³/mol. The van der Waals surface area contributed by atoms with E-state index in [4.69, 9.17) is 4.74 Å². The number of methoxy groups -OCH3 is 1. The summed E-state index contributed by atoms with van der Waals surface area (Å²) in [4.78, 5) is 23.4. The zero-order chi connectivity index (χ0) is 15.0. The summed E-state index contributed by atoms with van der Waals surface area (Å²) in [5.74, 6) is 0.354. The molecule has 3 N–H and O–H groups in total. The van der Waals surface area contributed by atoms with Gasteiger partial charge in [-0.1, -0.05) is 19.1 Å². The van der Waals surface area contributed by atoms with Crippen LogP contribution in [0.25, 0.3) is 0 Å². The highest BCUT2D eigenvalue weighted by atomic mass is 16.5. The van der Waals surface area contributed by atoms with Crippen molar-refractivity contribution in [2.45, 2.75) is 26.3 Å². The first-order valence-corrected chi connectivity index (χ1v) is 6.56. The summed E-state index contributed by atoms with van der Waals surface area (Å²) in [5.41, 5.74) is 0.550. The molecule has 0 radical (unpaired) electrons. The fourth-order valence-electron chi connectivity index (χ4n) is 1.57. The number of rotatable bonds is 6. The Kier molecular flexibility index (Phi) is 6.36. The van der Waals surface area contributed by atoms with Crippen molar-refractivity contribution in [1.29, 1.82) is 0 Å². The van der Waals surface area contributed by atoms with Gasteiger partial charge in [0.1, 0.15) is 11.8 Å². The van der Waals surface area contributed by atoms with Gasteiger partial charge in [0.05, 0.1) is 12.8 Å². The Morgan fingerprint density at radius 3 is 2.65 bits per heavy atom. The molecule has 0 aromatic heterocycles. The van der Waals surface area contributed by atoms with Gasteiger partial charge >= 0.3 is 6.03 Å². The van der Waals surface area contributed by atoms with Crippen molar-refractivity contribution in [3.63, 3.8) is 0 Å². The molecule has 0 saturated heterocycles. The molecule has 0 heterocycles. The van der Waals surface area contributed by atoms with Crippen LogP contribution in [-0.4, -0.2) is 31.6 Å². The van der Waals surface area contributed by atoms with E-state index < -0.39 is 12.1 Å². The quantitative estimate of drug-likeness (QED) is 0.742. The normalized spacial score (nSPS) is 11.3. The molecule has 110 valence electrons. The van der Waals surface area contributed by atoms with Gasteiger partial charge in [-0.15, -0.1) is 0 Å². The van der Waals surface area contributed by atoms with Gasteiger partial charge in [-0.3, -0.25) is 4.79 Å². The lowest BCUT2D eigenvalue weighted by molar-refractivity contribution is -0.122. The van der Waals surface area contributed by atoms with Crippen molar-refractivity contribution in [2.75, 3.05) is 19.0 Å². The topological polar surface area (TPSA) is 79.5 Å². The molecule has 6 heteroatoms. The molecule has 0 aliphatic carbocycles. The molecule has 0 saturated carbocycles. The van der Waals surface area contributed by atoms with E-state index in [1.807, 2.05) is 13.0 Å². The Labute approximate surface area is 118 Å². The Bertz CT molecular complexity index is 463. The number of amides is 3. The molecule has 1 rings (SSSR count). The molecule has 1 aromatic carbocycles. The maximum Gasteiger partial charge on any atom is 0.319 e. The summed E-state index contributed by atoms with van der Waals surface area (Å²) >= 11 is 0. The van der Waals surface area contributed by atoms with E-state index in [0.717, 1.165) is 6.42 Å². The average Bonchev–Trinajstić information content (AvgIpc) is 2.45. The summed E-state index contributed by atoms with van der Waals surface area (Å²) < 4.78 is 5.13. The number of carbonyl (C=O) groups is 2. The molecule has 1 atom stereocenters. The molecule has 0 aliphatic rings. The number of hydrogen-bond acceptors (Lipinski definition) is 3. The Morgan fingerprint density at radius 2 is 2.00 bits per heavy atom. The van der Waals surface area contributed by atoms with E-state index in [0.29, 0.717) is 18.0 Å². The highest BCUT2D eigenvalue weighted by Gasteiger charge is 2.15. The minimum absolute atomic E-state index is 0.206. The monoisotopic (exact) mass is 279 g/mol. The van der Waals surface area contributed by atoms with Crippen molar-refractivity contribution >= 4 is 17.6 Å². The third-order valence-electron chi connectivity index (χ3n) is 2.65. The molecule has 1 aromatic rings. The van der Waals surface area contributed by atoms with Gasteiger partial charge in [0, 0.05) is 6.54 Å². The number of anilines is 1. The first-order valence-electron chi connectivity index (χ1n) is 6.56. The van der Waals surface area contributed by atoms with Crippen LogP contribution in [0.2, 0.25) is 0 Å². The van der Waals surface area contributed by atoms with E-state index in [9.17, 15) is 9.59 Å². The summed E-state index contributed by atoms with van der Waals surface area (Å²) in [6.45, 7) is 4.19. The smallest absolute Gasteiger partial charge is 0.319 e. The largest absolute Gasteiger partial charge is 0.495 e. The third-order valence-corrected chi connectivity index (χ3v) is 2.65. The van der Waals surface area contributed by atoms with Gasteiger partial charge < -0.3 is 20.7 Å². The first kappa shape index (κ1) is 15.8. The second-order valence-electron chi connectivity index (χ2n) is 4.31. The molecule has 0 spiro atoms. The van der Waals surface area contributed by atoms with Crippen molar-refractivity contribution in [1.82, 2.24) is 10.6 Å². The van der Waals surface area contributed by atoms with Gasteiger partial charge in [-0.05, 0) is 25.5 Å². The van der Waals surface area contributed by atoms with Crippen LogP contribution < -0.4 is 20.7 Å². The van der Waals surface area contributed by atoms with Crippen molar-refractivity contribution in [3.05, 3.63) is 24.3 Å². The van der Waals surface area contributed by atoms with Crippen molar-refractivity contribution in [2.24, 2.45) is 0 Å². The van der Waals surface area contributed by atoms with Crippen molar-refractivity contribution in [3.8, 4) is 5.75 Å². The number of carbonyl (C=O) groups excluding carboxylic acids is 2. The number of nitrogens with one attached hydrogen (secondary N) is 3. The van der Waals surface area contributed by atoms with E-state index in [1.165, 1.54) is 7.11 Å². The molecule has 6 nitrogen and oxygen atoms in total. The van der Waals surface area contributed by atoms with Gasteiger partial charge in [0.2, 0.25) is 5.91 Å². The molecule has 3 amide bonds. The van der Waals surface area contributed by atoms with E-state index in [1.54, 1.807) is 25.1 Å². The SMILES string of the molecule is CCCNC(=O)[C@H](C)NC(=O)Nc1ccccc1OC. The van der Waals surface area contributed by atoms with Crippen LogP contribution in [-0.2, 0) is 4.79 Å². The lowest BCUT2D eigenvalue weighted by Gasteiger charge is -2.15. The number of urea groups is 1. The average molecular weight is 279 g/mol. The lowest BCUT2D eigenvalue weighted by atomic mass is 10.3. The Hall–Kier alpha value is -2.24. The van der Waals surface area contributed by atoms with Gasteiger partial charge in [0.25, 0.3) is 0 Å². The Morgan fingerprint density at radius 1 is 1.30 bits per heavy atom. The fraction of sp³-hybridized carbons (Fsp3) is 0.429. The zero-order valence-corrected chi connectivity index (χ0v) is 12.0. The first-order chi connectivity index (χ1) is 9.58.